The van der Waals surface area contributed by atoms with Gasteiger partial charge in [-0.3, -0.25) is 4.79 Å². The van der Waals surface area contributed by atoms with Gasteiger partial charge in [-0.05, 0) is 48.4 Å². The van der Waals surface area contributed by atoms with Crippen LogP contribution in [0.1, 0.15) is 24.0 Å². The molecule has 2 aromatic carbocycles. The van der Waals surface area contributed by atoms with E-state index in [1.54, 1.807) is 24.3 Å². The van der Waals surface area contributed by atoms with E-state index in [-0.39, 0.29) is 5.78 Å². The number of carbonyl (C=O) groups is 1. The zero-order valence-electron chi connectivity index (χ0n) is 14.9. The Labute approximate surface area is 173 Å². The number of nitrogens with zero attached hydrogens (tertiary/aromatic N) is 3. The molecule has 0 N–H and O–H groups in total. The van der Waals surface area contributed by atoms with Gasteiger partial charge in [0.2, 0.25) is 0 Å². The Morgan fingerprint density at radius 2 is 1.82 bits per heavy atom. The molecule has 2 aromatic rings. The second kappa shape index (κ2) is 6.67. The van der Waals surface area contributed by atoms with E-state index in [2.05, 4.69) is 12.1 Å². The molecule has 1 fully saturated rings. The predicted octanol–water partition coefficient (Wildman–Crippen LogP) is 4.98. The maximum absolute atomic E-state index is 12.8. The number of hydrogen-bond acceptors (Lipinski definition) is 4. The van der Waals surface area contributed by atoms with Crippen LogP contribution in [0.15, 0.2) is 48.5 Å². The Hall–Kier alpha value is -2.79. The summed E-state index contributed by atoms with van der Waals surface area (Å²) in [6.45, 7) is 1.50. The van der Waals surface area contributed by atoms with Gasteiger partial charge in [-0.25, -0.2) is 0 Å². The summed E-state index contributed by atoms with van der Waals surface area (Å²) in [7, 11) is 0. The number of Topliss-reactive ketones (excluding diaryl/α,β-unsaturated/α-hetero) is 1. The number of benzene rings is 2. The lowest BCUT2D eigenvalue weighted by atomic mass is 9.69. The van der Waals surface area contributed by atoms with Crippen LogP contribution in [-0.2, 0) is 4.79 Å². The van der Waals surface area contributed by atoms with Gasteiger partial charge in [0.25, 0.3) is 0 Å². The molecule has 2 aliphatic rings. The zero-order valence-corrected chi connectivity index (χ0v) is 16.4. The molecule has 6 heteroatoms. The standard InChI is InChI=1S/C22H15Cl2N3O/c1-13(28)21-20(15-3-2-4-16(23)10-15)22(11-25,12-26)19-8-5-14-9-17(24)6-7-18(14)27(19)21/h2-10,19-21H,1H3/t19-,20+,21+/m0/s1. The van der Waals surface area contributed by atoms with E-state index in [9.17, 15) is 15.3 Å². The van der Waals surface area contributed by atoms with Crippen molar-refractivity contribution in [2.45, 2.75) is 24.9 Å². The van der Waals surface area contributed by atoms with Crippen LogP contribution in [0.5, 0.6) is 0 Å². The number of carbonyl (C=O) groups excluding carboxylic acids is 1. The smallest absolute Gasteiger partial charge is 0.176 e. The highest BCUT2D eigenvalue weighted by Crippen LogP contribution is 2.55. The van der Waals surface area contributed by atoms with E-state index < -0.39 is 23.4 Å². The molecule has 0 radical (unpaired) electrons. The van der Waals surface area contributed by atoms with Crippen LogP contribution in [0.4, 0.5) is 5.69 Å². The highest BCUT2D eigenvalue weighted by molar-refractivity contribution is 6.31. The number of hydrogen-bond donors (Lipinski definition) is 0. The summed E-state index contributed by atoms with van der Waals surface area (Å²) >= 11 is 12.3. The number of rotatable bonds is 2. The minimum absolute atomic E-state index is 0.112. The molecule has 0 aromatic heterocycles. The third kappa shape index (κ3) is 2.53. The fraction of sp³-hybridized carbons (Fsp3) is 0.227. The molecule has 1 saturated heterocycles. The van der Waals surface area contributed by atoms with Crippen molar-refractivity contribution in [1.29, 1.82) is 10.5 Å². The number of fused-ring (bicyclic) bond motifs is 3. The molecule has 0 unspecified atom stereocenters. The summed E-state index contributed by atoms with van der Waals surface area (Å²) in [5, 5.41) is 21.4. The summed E-state index contributed by atoms with van der Waals surface area (Å²) in [6, 6.07) is 15.7. The van der Waals surface area contributed by atoms with Gasteiger partial charge in [0.1, 0.15) is 0 Å². The molecule has 3 atom stereocenters. The van der Waals surface area contributed by atoms with E-state index in [0.717, 1.165) is 11.3 Å². The predicted molar refractivity (Wildman–Crippen MR) is 109 cm³/mol. The Morgan fingerprint density at radius 3 is 2.46 bits per heavy atom. The first kappa shape index (κ1) is 18.6. The van der Waals surface area contributed by atoms with E-state index in [4.69, 9.17) is 23.2 Å². The zero-order chi connectivity index (χ0) is 20.1. The fourth-order valence-electron chi connectivity index (χ4n) is 4.49. The average Bonchev–Trinajstić information content (AvgIpc) is 2.98. The van der Waals surface area contributed by atoms with Gasteiger partial charge in [-0.15, -0.1) is 0 Å². The van der Waals surface area contributed by atoms with Gasteiger partial charge < -0.3 is 4.90 Å². The number of anilines is 1. The molecule has 4 rings (SSSR count). The summed E-state index contributed by atoms with van der Waals surface area (Å²) in [4.78, 5) is 14.7. The minimum atomic E-state index is -1.44. The molecule has 0 bridgehead atoms. The summed E-state index contributed by atoms with van der Waals surface area (Å²) in [5.74, 6) is -0.756. The first-order valence-corrected chi connectivity index (χ1v) is 9.53. The van der Waals surface area contributed by atoms with Crippen LogP contribution in [-0.4, -0.2) is 17.9 Å². The lowest BCUT2D eigenvalue weighted by Crippen LogP contribution is -2.43. The fourth-order valence-corrected chi connectivity index (χ4v) is 4.87. The first-order valence-electron chi connectivity index (χ1n) is 8.77. The summed E-state index contributed by atoms with van der Waals surface area (Å²) in [5.41, 5.74) is 0.909. The molecule has 0 amide bonds. The molecule has 0 saturated carbocycles. The van der Waals surface area contributed by atoms with E-state index in [1.807, 2.05) is 35.3 Å². The third-order valence-corrected chi connectivity index (χ3v) is 6.06. The molecular formula is C22H15Cl2N3O. The van der Waals surface area contributed by atoms with Gasteiger partial charge in [0.15, 0.2) is 11.2 Å². The van der Waals surface area contributed by atoms with Crippen LogP contribution in [0.3, 0.4) is 0 Å². The third-order valence-electron chi connectivity index (χ3n) is 5.59. The molecule has 138 valence electrons. The highest BCUT2D eigenvalue weighted by Gasteiger charge is 2.62. The maximum atomic E-state index is 12.8. The van der Waals surface area contributed by atoms with Crippen molar-refractivity contribution in [2.75, 3.05) is 4.90 Å². The van der Waals surface area contributed by atoms with Gasteiger partial charge in [0, 0.05) is 21.7 Å². The van der Waals surface area contributed by atoms with Gasteiger partial charge in [0.05, 0.1) is 24.2 Å². The number of ketones is 1. The second-order valence-corrected chi connectivity index (χ2v) is 7.97. The van der Waals surface area contributed by atoms with Crippen molar-refractivity contribution in [3.8, 4) is 12.1 Å². The first-order chi connectivity index (χ1) is 13.4. The molecule has 2 aliphatic heterocycles. The average molecular weight is 408 g/mol. The Kier molecular flexibility index (Phi) is 4.42. The molecule has 4 nitrogen and oxygen atoms in total. The number of nitriles is 2. The SMILES string of the molecule is CC(=O)[C@@H]1[C@@H](c2cccc(Cl)c2)C(C#N)(C#N)[C@@H]2C=Cc3cc(Cl)ccc3N12. The Bertz CT molecular complexity index is 1080. The molecule has 0 aliphatic carbocycles. The van der Waals surface area contributed by atoms with Crippen LogP contribution in [0.2, 0.25) is 10.0 Å². The highest BCUT2D eigenvalue weighted by atomic mass is 35.5. The van der Waals surface area contributed by atoms with Crippen LogP contribution < -0.4 is 4.90 Å². The molecule has 0 spiro atoms. The lowest BCUT2D eigenvalue weighted by molar-refractivity contribution is -0.118. The van der Waals surface area contributed by atoms with Crippen LogP contribution in [0, 0.1) is 28.1 Å². The maximum Gasteiger partial charge on any atom is 0.176 e. The van der Waals surface area contributed by atoms with Crippen LogP contribution >= 0.6 is 23.2 Å². The van der Waals surface area contributed by atoms with Crippen molar-refractivity contribution in [1.82, 2.24) is 0 Å². The number of halogens is 2. The van der Waals surface area contributed by atoms with E-state index in [0.29, 0.717) is 15.6 Å². The van der Waals surface area contributed by atoms with E-state index >= 15 is 0 Å². The van der Waals surface area contributed by atoms with E-state index in [1.165, 1.54) is 6.92 Å². The van der Waals surface area contributed by atoms with Crippen molar-refractivity contribution < 1.29 is 4.79 Å². The quantitative estimate of drug-likeness (QED) is 0.703. The second-order valence-electron chi connectivity index (χ2n) is 7.10. The normalized spacial score (nSPS) is 24.0. The summed E-state index contributed by atoms with van der Waals surface area (Å²) in [6.07, 6.45) is 3.69. The van der Waals surface area contributed by atoms with Crippen molar-refractivity contribution in [2.24, 2.45) is 5.41 Å². The molecule has 28 heavy (non-hydrogen) atoms. The van der Waals surface area contributed by atoms with Gasteiger partial charge >= 0.3 is 0 Å². The van der Waals surface area contributed by atoms with Crippen molar-refractivity contribution in [3.63, 3.8) is 0 Å². The van der Waals surface area contributed by atoms with Crippen molar-refractivity contribution in [3.05, 3.63) is 69.7 Å². The molecular weight excluding hydrogens is 393 g/mol. The van der Waals surface area contributed by atoms with Crippen LogP contribution in [0.25, 0.3) is 6.08 Å². The Balaban J connectivity index is 2.00. The van der Waals surface area contributed by atoms with Crippen molar-refractivity contribution >= 4 is 40.7 Å². The topological polar surface area (TPSA) is 67.9 Å². The minimum Gasteiger partial charge on any atom is -0.351 e. The van der Waals surface area contributed by atoms with Gasteiger partial charge in [-0.1, -0.05) is 47.5 Å². The largest absolute Gasteiger partial charge is 0.351 e. The van der Waals surface area contributed by atoms with Gasteiger partial charge in [-0.2, -0.15) is 10.5 Å². The monoisotopic (exact) mass is 407 g/mol. The molecule has 2 heterocycles. The Morgan fingerprint density at radius 1 is 1.11 bits per heavy atom. The lowest BCUT2D eigenvalue weighted by Gasteiger charge is -2.35. The summed E-state index contributed by atoms with van der Waals surface area (Å²) < 4.78 is 0.